The molecular weight excluding hydrogens is 239 g/mol. The van der Waals surface area contributed by atoms with Crippen molar-refractivity contribution < 1.29 is 9.26 Å². The Morgan fingerprint density at radius 1 is 1.33 bits per heavy atom. The van der Waals surface area contributed by atoms with Gasteiger partial charge in [0.1, 0.15) is 5.75 Å². The molecule has 1 heterocycles. The molecule has 4 nitrogen and oxygen atoms in total. The number of benzene rings is 1. The third-order valence-electron chi connectivity index (χ3n) is 1.66. The van der Waals surface area contributed by atoms with Gasteiger partial charge in [0.15, 0.2) is 6.61 Å². The van der Waals surface area contributed by atoms with Gasteiger partial charge in [-0.05, 0) is 18.2 Å². The molecule has 0 saturated carbocycles. The van der Waals surface area contributed by atoms with Crippen molar-refractivity contribution in [3.63, 3.8) is 0 Å². The second-order valence-corrected chi connectivity index (χ2v) is 3.55. The minimum atomic E-state index is 0.206. The summed E-state index contributed by atoms with van der Waals surface area (Å²) in [6, 6.07) is 4.98. The lowest BCUT2D eigenvalue weighted by atomic mass is 10.3. The van der Waals surface area contributed by atoms with Crippen molar-refractivity contribution in [2.75, 3.05) is 0 Å². The number of ether oxygens (including phenoxy) is 1. The van der Waals surface area contributed by atoms with E-state index < -0.39 is 0 Å². The van der Waals surface area contributed by atoms with E-state index in [9.17, 15) is 0 Å². The van der Waals surface area contributed by atoms with Crippen molar-refractivity contribution in [1.29, 1.82) is 0 Å². The molecule has 0 radical (unpaired) electrons. The normalized spacial score (nSPS) is 10.3. The van der Waals surface area contributed by atoms with Crippen LogP contribution in [0.2, 0.25) is 10.0 Å². The fraction of sp³-hybridized carbons (Fsp3) is 0.111. The van der Waals surface area contributed by atoms with Crippen LogP contribution in [0.4, 0.5) is 0 Å². The molecule has 0 aliphatic heterocycles. The number of aromatic nitrogens is 2. The van der Waals surface area contributed by atoms with Crippen LogP contribution in [0.15, 0.2) is 29.1 Å². The van der Waals surface area contributed by atoms with E-state index in [0.717, 1.165) is 0 Å². The van der Waals surface area contributed by atoms with Crippen molar-refractivity contribution in [3.05, 3.63) is 40.5 Å². The maximum atomic E-state index is 5.90. The summed E-state index contributed by atoms with van der Waals surface area (Å²) in [5.41, 5.74) is 0. The Bertz CT molecular complexity index is 445. The fourth-order valence-corrected chi connectivity index (χ4v) is 1.45. The van der Waals surface area contributed by atoms with Crippen LogP contribution >= 0.6 is 23.2 Å². The molecule has 15 heavy (non-hydrogen) atoms. The van der Waals surface area contributed by atoms with Crippen LogP contribution in [0.3, 0.4) is 0 Å². The van der Waals surface area contributed by atoms with Gasteiger partial charge in [0.2, 0.25) is 12.2 Å². The molecule has 1 aromatic heterocycles. The van der Waals surface area contributed by atoms with E-state index in [-0.39, 0.29) is 6.61 Å². The molecule has 2 aromatic rings. The third-order valence-corrected chi connectivity index (χ3v) is 2.19. The molecule has 1 aromatic carbocycles. The first kappa shape index (κ1) is 10.3. The highest BCUT2D eigenvalue weighted by Crippen LogP contribution is 2.27. The lowest BCUT2D eigenvalue weighted by Gasteiger charge is -2.05. The van der Waals surface area contributed by atoms with Gasteiger partial charge in [0, 0.05) is 5.02 Å². The van der Waals surface area contributed by atoms with Crippen molar-refractivity contribution >= 4 is 23.2 Å². The van der Waals surface area contributed by atoms with Crippen molar-refractivity contribution in [2.45, 2.75) is 6.61 Å². The van der Waals surface area contributed by atoms with E-state index in [4.69, 9.17) is 27.9 Å². The van der Waals surface area contributed by atoms with Gasteiger partial charge in [-0.25, -0.2) is 0 Å². The maximum Gasteiger partial charge on any atom is 0.213 e. The Morgan fingerprint density at radius 3 is 2.87 bits per heavy atom. The van der Waals surface area contributed by atoms with Crippen LogP contribution in [-0.4, -0.2) is 10.1 Å². The summed E-state index contributed by atoms with van der Waals surface area (Å²) in [5, 5.41) is 4.61. The topological polar surface area (TPSA) is 48.2 Å². The van der Waals surface area contributed by atoms with E-state index >= 15 is 0 Å². The summed E-state index contributed by atoms with van der Waals surface area (Å²) in [6.07, 6.45) is 1.24. The molecule has 0 N–H and O–H groups in total. The Balaban J connectivity index is 2.05. The summed E-state index contributed by atoms with van der Waals surface area (Å²) in [6.45, 7) is 0.206. The highest BCUT2D eigenvalue weighted by Gasteiger charge is 2.04. The molecule has 0 spiro atoms. The summed E-state index contributed by atoms with van der Waals surface area (Å²) >= 11 is 11.6. The second-order valence-electron chi connectivity index (χ2n) is 2.71. The van der Waals surface area contributed by atoms with Crippen molar-refractivity contribution in [3.8, 4) is 5.75 Å². The summed E-state index contributed by atoms with van der Waals surface area (Å²) in [7, 11) is 0. The largest absolute Gasteiger partial charge is 0.484 e. The maximum absolute atomic E-state index is 5.90. The zero-order chi connectivity index (χ0) is 10.7. The van der Waals surface area contributed by atoms with Crippen LogP contribution in [0, 0.1) is 0 Å². The van der Waals surface area contributed by atoms with Gasteiger partial charge in [0.05, 0.1) is 5.02 Å². The fourth-order valence-electron chi connectivity index (χ4n) is 0.991. The number of halogens is 2. The van der Waals surface area contributed by atoms with Crippen molar-refractivity contribution in [2.24, 2.45) is 0 Å². The predicted molar refractivity (Wildman–Crippen MR) is 55.1 cm³/mol. The zero-order valence-electron chi connectivity index (χ0n) is 7.48. The summed E-state index contributed by atoms with van der Waals surface area (Å²) in [5.74, 6) is 0.992. The van der Waals surface area contributed by atoms with E-state index in [2.05, 4.69) is 14.7 Å². The Kier molecular flexibility index (Phi) is 3.08. The SMILES string of the molecule is Clc1ccc(OCc2ncon2)c(Cl)c1. The number of hydrogen-bond acceptors (Lipinski definition) is 4. The summed E-state index contributed by atoms with van der Waals surface area (Å²) < 4.78 is 9.92. The Morgan fingerprint density at radius 2 is 2.20 bits per heavy atom. The molecule has 0 atom stereocenters. The lowest BCUT2D eigenvalue weighted by molar-refractivity contribution is 0.287. The number of hydrogen-bond donors (Lipinski definition) is 0. The van der Waals surface area contributed by atoms with Gasteiger partial charge < -0.3 is 9.26 Å². The van der Waals surface area contributed by atoms with Crippen LogP contribution < -0.4 is 4.74 Å². The van der Waals surface area contributed by atoms with E-state index in [1.165, 1.54) is 6.39 Å². The monoisotopic (exact) mass is 244 g/mol. The molecule has 2 rings (SSSR count). The number of rotatable bonds is 3. The second kappa shape index (κ2) is 4.51. The number of nitrogens with zero attached hydrogens (tertiary/aromatic N) is 2. The van der Waals surface area contributed by atoms with Gasteiger partial charge in [-0.3, -0.25) is 0 Å². The van der Waals surface area contributed by atoms with Crippen molar-refractivity contribution in [1.82, 2.24) is 10.1 Å². The van der Waals surface area contributed by atoms with Gasteiger partial charge >= 0.3 is 0 Å². The molecule has 0 bridgehead atoms. The minimum absolute atomic E-state index is 0.206. The Hall–Kier alpha value is -1.26. The molecule has 0 fully saturated rings. The molecule has 6 heteroatoms. The molecule has 0 saturated heterocycles. The van der Waals surface area contributed by atoms with E-state index in [1.807, 2.05) is 0 Å². The smallest absolute Gasteiger partial charge is 0.213 e. The average molecular weight is 245 g/mol. The van der Waals surface area contributed by atoms with Gasteiger partial charge in [0.25, 0.3) is 0 Å². The zero-order valence-corrected chi connectivity index (χ0v) is 9.00. The van der Waals surface area contributed by atoms with E-state index in [1.54, 1.807) is 18.2 Å². The Labute approximate surface area is 95.8 Å². The van der Waals surface area contributed by atoms with Crippen LogP contribution in [0.25, 0.3) is 0 Å². The van der Waals surface area contributed by atoms with Gasteiger partial charge in [-0.2, -0.15) is 4.98 Å². The van der Waals surface area contributed by atoms with E-state index in [0.29, 0.717) is 21.6 Å². The molecule has 0 amide bonds. The first-order valence-corrected chi connectivity index (χ1v) is 4.84. The molecular formula is C9H6Cl2N2O2. The first-order chi connectivity index (χ1) is 7.25. The highest BCUT2D eigenvalue weighted by molar-refractivity contribution is 6.35. The molecule has 0 unspecified atom stereocenters. The van der Waals surface area contributed by atoms with Gasteiger partial charge in [-0.1, -0.05) is 28.4 Å². The first-order valence-electron chi connectivity index (χ1n) is 4.09. The predicted octanol–water partition coefficient (Wildman–Crippen LogP) is 2.96. The minimum Gasteiger partial charge on any atom is -0.484 e. The molecule has 0 aliphatic rings. The van der Waals surface area contributed by atoms with Crippen LogP contribution in [-0.2, 0) is 6.61 Å². The molecule has 0 aliphatic carbocycles. The van der Waals surface area contributed by atoms with Gasteiger partial charge in [-0.15, -0.1) is 0 Å². The third kappa shape index (κ3) is 2.61. The standard InChI is InChI=1S/C9H6Cl2N2O2/c10-6-1-2-8(7(11)3-6)14-4-9-12-5-15-13-9/h1-3,5H,4H2. The average Bonchev–Trinajstić information content (AvgIpc) is 2.69. The molecule has 78 valence electrons. The quantitative estimate of drug-likeness (QED) is 0.833. The lowest BCUT2D eigenvalue weighted by Crippen LogP contribution is -1.97. The summed E-state index contributed by atoms with van der Waals surface area (Å²) in [4.78, 5) is 3.81. The highest BCUT2D eigenvalue weighted by atomic mass is 35.5. The van der Waals surface area contributed by atoms with Crippen LogP contribution in [0.5, 0.6) is 5.75 Å². The van der Waals surface area contributed by atoms with Crippen LogP contribution in [0.1, 0.15) is 5.82 Å².